The van der Waals surface area contributed by atoms with E-state index in [9.17, 15) is 9.59 Å². The van der Waals surface area contributed by atoms with Crippen LogP contribution in [0, 0.1) is 23.7 Å². The second-order valence-corrected chi connectivity index (χ2v) is 7.50. The van der Waals surface area contributed by atoms with E-state index in [0.29, 0.717) is 11.8 Å². The van der Waals surface area contributed by atoms with Gasteiger partial charge in [-0.15, -0.1) is 0 Å². The van der Waals surface area contributed by atoms with Crippen molar-refractivity contribution in [2.24, 2.45) is 23.7 Å². The summed E-state index contributed by atoms with van der Waals surface area (Å²) in [4.78, 5) is 26.3. The van der Waals surface area contributed by atoms with Gasteiger partial charge in [-0.25, -0.2) is 0 Å². The Kier molecular flexibility index (Phi) is 3.03. The van der Waals surface area contributed by atoms with E-state index in [1.165, 1.54) is 11.1 Å². The average molecular weight is 316 g/mol. The third-order valence-corrected chi connectivity index (χ3v) is 6.52. The Hall–Kier alpha value is -2.22. The van der Waals surface area contributed by atoms with Gasteiger partial charge in [0.15, 0.2) is 11.6 Å². The Balaban J connectivity index is 1.58. The second-order valence-electron chi connectivity index (χ2n) is 7.50. The second kappa shape index (κ2) is 5.14. The molecule has 0 radical (unpaired) electrons. The van der Waals surface area contributed by atoms with Gasteiger partial charge in [0.1, 0.15) is 0 Å². The lowest BCUT2D eigenvalue weighted by atomic mass is 9.52. The standard InChI is InChI=1S/C22H20O2/c23-21-15-7-3-1-5-13(15)9-11-17-18-12-10-14-6-2-4-8-16(14)22(24)20(18)19(17)21/h1-8,17-20H,9-12H2. The Morgan fingerprint density at radius 1 is 0.625 bits per heavy atom. The number of ketones is 2. The summed E-state index contributed by atoms with van der Waals surface area (Å²) in [7, 11) is 0. The molecule has 2 aromatic rings. The van der Waals surface area contributed by atoms with Crippen LogP contribution >= 0.6 is 0 Å². The molecule has 3 aliphatic carbocycles. The zero-order valence-electron chi connectivity index (χ0n) is 13.6. The molecular weight excluding hydrogens is 296 g/mol. The minimum atomic E-state index is -0.0997. The van der Waals surface area contributed by atoms with Crippen LogP contribution in [-0.2, 0) is 12.8 Å². The van der Waals surface area contributed by atoms with Crippen LogP contribution in [0.5, 0.6) is 0 Å². The molecule has 5 rings (SSSR count). The fraction of sp³-hybridized carbons (Fsp3) is 0.364. The van der Waals surface area contributed by atoms with Crippen LogP contribution in [0.25, 0.3) is 0 Å². The van der Waals surface area contributed by atoms with Crippen LogP contribution in [0.4, 0.5) is 0 Å². The summed E-state index contributed by atoms with van der Waals surface area (Å²) >= 11 is 0. The fourth-order valence-electron chi connectivity index (χ4n) is 5.38. The quantitative estimate of drug-likeness (QED) is 0.732. The third kappa shape index (κ3) is 1.83. The molecular formula is C22H20O2. The minimum Gasteiger partial charge on any atom is -0.294 e. The van der Waals surface area contributed by atoms with E-state index in [-0.39, 0.29) is 23.4 Å². The molecule has 4 unspecified atom stereocenters. The third-order valence-electron chi connectivity index (χ3n) is 6.52. The predicted octanol–water partition coefficient (Wildman–Crippen LogP) is 4.12. The summed E-state index contributed by atoms with van der Waals surface area (Å²) in [6.07, 6.45) is 4.01. The van der Waals surface area contributed by atoms with Crippen LogP contribution in [0.2, 0.25) is 0 Å². The van der Waals surface area contributed by atoms with Crippen molar-refractivity contribution in [2.45, 2.75) is 25.7 Å². The summed E-state index contributed by atoms with van der Waals surface area (Å²) in [5.41, 5.74) is 4.04. The molecule has 4 atom stereocenters. The molecule has 0 aliphatic heterocycles. The molecule has 1 fully saturated rings. The van der Waals surface area contributed by atoms with Gasteiger partial charge in [-0.1, -0.05) is 48.5 Å². The predicted molar refractivity (Wildman–Crippen MR) is 92.1 cm³/mol. The fourth-order valence-corrected chi connectivity index (χ4v) is 5.38. The number of carbonyl (C=O) groups excluding carboxylic acids is 2. The molecule has 0 spiro atoms. The van der Waals surface area contributed by atoms with Gasteiger partial charge in [0.05, 0.1) is 0 Å². The molecule has 3 aliphatic rings. The molecule has 2 heteroatoms. The first-order valence-electron chi connectivity index (χ1n) is 9.00. The largest absolute Gasteiger partial charge is 0.294 e. The van der Waals surface area contributed by atoms with Crippen molar-refractivity contribution >= 4 is 11.6 Å². The van der Waals surface area contributed by atoms with E-state index in [2.05, 4.69) is 12.1 Å². The number of benzene rings is 2. The van der Waals surface area contributed by atoms with E-state index in [4.69, 9.17) is 0 Å². The van der Waals surface area contributed by atoms with E-state index in [1.54, 1.807) is 0 Å². The van der Waals surface area contributed by atoms with Gasteiger partial charge in [-0.3, -0.25) is 9.59 Å². The summed E-state index contributed by atoms with van der Waals surface area (Å²) < 4.78 is 0. The van der Waals surface area contributed by atoms with Crippen molar-refractivity contribution in [3.05, 3.63) is 70.8 Å². The maximum absolute atomic E-state index is 13.2. The summed E-state index contributed by atoms with van der Waals surface area (Å²) in [5.74, 6) is 0.986. The van der Waals surface area contributed by atoms with Crippen molar-refractivity contribution in [3.63, 3.8) is 0 Å². The van der Waals surface area contributed by atoms with Crippen LogP contribution in [0.1, 0.15) is 44.7 Å². The van der Waals surface area contributed by atoms with Crippen molar-refractivity contribution in [2.75, 3.05) is 0 Å². The highest BCUT2D eigenvalue weighted by Crippen LogP contribution is 2.55. The first-order valence-corrected chi connectivity index (χ1v) is 9.00. The first-order chi connectivity index (χ1) is 11.8. The van der Waals surface area contributed by atoms with Crippen molar-refractivity contribution < 1.29 is 9.59 Å². The normalized spacial score (nSPS) is 30.8. The van der Waals surface area contributed by atoms with Gasteiger partial charge in [0.25, 0.3) is 0 Å². The number of Topliss-reactive ketones (excluding diaryl/α,β-unsaturated/α-hetero) is 2. The van der Waals surface area contributed by atoms with Gasteiger partial charge < -0.3 is 0 Å². The topological polar surface area (TPSA) is 34.1 Å². The van der Waals surface area contributed by atoms with Gasteiger partial charge in [-0.05, 0) is 48.6 Å². The van der Waals surface area contributed by atoms with E-state index in [0.717, 1.165) is 36.8 Å². The highest BCUT2D eigenvalue weighted by Gasteiger charge is 2.57. The molecule has 0 N–H and O–H groups in total. The Bertz CT molecular complexity index is 779. The molecule has 24 heavy (non-hydrogen) atoms. The number of fused-ring (bicyclic) bond motifs is 6. The Morgan fingerprint density at radius 2 is 1.04 bits per heavy atom. The molecule has 0 amide bonds. The molecule has 1 saturated carbocycles. The average Bonchev–Trinajstić information content (AvgIpc) is 2.79. The molecule has 0 saturated heterocycles. The van der Waals surface area contributed by atoms with Gasteiger partial charge in [0, 0.05) is 23.0 Å². The summed E-state index contributed by atoms with van der Waals surface area (Å²) in [5, 5.41) is 0. The lowest BCUT2D eigenvalue weighted by Gasteiger charge is -2.49. The monoisotopic (exact) mass is 316 g/mol. The van der Waals surface area contributed by atoms with Gasteiger partial charge in [0.2, 0.25) is 0 Å². The summed E-state index contributed by atoms with van der Waals surface area (Å²) in [6.45, 7) is 0. The number of hydrogen-bond acceptors (Lipinski definition) is 2. The van der Waals surface area contributed by atoms with Crippen LogP contribution < -0.4 is 0 Å². The van der Waals surface area contributed by atoms with Crippen LogP contribution in [0.3, 0.4) is 0 Å². The molecule has 0 bridgehead atoms. The lowest BCUT2D eigenvalue weighted by Crippen LogP contribution is -2.53. The van der Waals surface area contributed by atoms with Crippen molar-refractivity contribution in [3.8, 4) is 0 Å². The van der Waals surface area contributed by atoms with Crippen LogP contribution in [0.15, 0.2) is 48.5 Å². The smallest absolute Gasteiger partial charge is 0.167 e. The minimum absolute atomic E-state index is 0.0997. The number of aryl methyl sites for hydroxylation is 2. The maximum Gasteiger partial charge on any atom is 0.167 e. The van der Waals surface area contributed by atoms with Crippen LogP contribution in [-0.4, -0.2) is 11.6 Å². The van der Waals surface area contributed by atoms with E-state index >= 15 is 0 Å². The molecule has 2 aromatic carbocycles. The molecule has 120 valence electrons. The van der Waals surface area contributed by atoms with Gasteiger partial charge >= 0.3 is 0 Å². The number of hydrogen-bond donors (Lipinski definition) is 0. The first kappa shape index (κ1) is 14.2. The lowest BCUT2D eigenvalue weighted by molar-refractivity contribution is -0.00508. The van der Waals surface area contributed by atoms with Crippen molar-refractivity contribution in [1.82, 2.24) is 0 Å². The van der Waals surface area contributed by atoms with Gasteiger partial charge in [-0.2, -0.15) is 0 Å². The molecule has 0 heterocycles. The van der Waals surface area contributed by atoms with Crippen molar-refractivity contribution in [1.29, 1.82) is 0 Å². The zero-order chi connectivity index (χ0) is 16.3. The maximum atomic E-state index is 13.2. The zero-order valence-corrected chi connectivity index (χ0v) is 13.6. The molecule has 0 aromatic heterocycles. The highest BCUT2D eigenvalue weighted by molar-refractivity contribution is 6.08. The highest BCUT2D eigenvalue weighted by atomic mass is 16.1. The Labute approximate surface area is 141 Å². The number of rotatable bonds is 0. The van der Waals surface area contributed by atoms with E-state index < -0.39 is 0 Å². The molecule has 2 nitrogen and oxygen atoms in total. The SMILES string of the molecule is O=C1c2ccccc2CCC2C3CCc4ccccc4C(=O)C3C12. The van der Waals surface area contributed by atoms with E-state index in [1.807, 2.05) is 36.4 Å². The Morgan fingerprint density at radius 3 is 1.50 bits per heavy atom. The summed E-state index contributed by atoms with van der Waals surface area (Å²) in [6, 6.07) is 16.0. The number of carbonyl (C=O) groups is 2.